The molecule has 4 nitrogen and oxygen atoms in total. The van der Waals surface area contributed by atoms with Crippen molar-refractivity contribution in [2.24, 2.45) is 5.92 Å². The minimum absolute atomic E-state index is 0.330. The van der Waals surface area contributed by atoms with E-state index in [4.69, 9.17) is 16.3 Å². The number of nitrogens with zero attached hydrogens (tertiary/aromatic N) is 1. The van der Waals surface area contributed by atoms with E-state index in [0.717, 1.165) is 12.8 Å². The van der Waals surface area contributed by atoms with E-state index >= 15 is 0 Å². The predicted molar refractivity (Wildman–Crippen MR) is 79.8 cm³/mol. The maximum atomic E-state index is 12.4. The fourth-order valence-corrected chi connectivity index (χ4v) is 3.90. The van der Waals surface area contributed by atoms with Gasteiger partial charge in [-0.05, 0) is 43.0 Å². The molecular formula is C14H20ClNO3S. The van der Waals surface area contributed by atoms with Crippen LogP contribution in [-0.4, -0.2) is 38.3 Å². The highest BCUT2D eigenvalue weighted by Crippen LogP contribution is 2.25. The lowest BCUT2D eigenvalue weighted by molar-refractivity contribution is 0.318. The second-order valence-electron chi connectivity index (χ2n) is 5.12. The maximum Gasteiger partial charge on any atom is 0.243 e. The molecule has 6 heteroatoms. The first-order chi connectivity index (χ1) is 9.54. The summed E-state index contributed by atoms with van der Waals surface area (Å²) >= 11 is 5.57. The van der Waals surface area contributed by atoms with Gasteiger partial charge in [-0.2, -0.15) is 4.31 Å². The molecule has 0 bridgehead atoms. The SMILES string of the molecule is CC1CCN(S(=O)(=O)c2ccc(OCCCCl)cc2)C1. The van der Waals surface area contributed by atoms with Gasteiger partial charge in [0.05, 0.1) is 11.5 Å². The molecule has 0 radical (unpaired) electrons. The summed E-state index contributed by atoms with van der Waals surface area (Å²) in [5.41, 5.74) is 0. The average Bonchev–Trinajstić information content (AvgIpc) is 2.87. The Balaban J connectivity index is 2.05. The van der Waals surface area contributed by atoms with Crippen molar-refractivity contribution in [1.29, 1.82) is 0 Å². The minimum atomic E-state index is -3.36. The Bertz CT molecular complexity index is 530. The Morgan fingerprint density at radius 2 is 2.05 bits per heavy atom. The van der Waals surface area contributed by atoms with E-state index in [9.17, 15) is 8.42 Å². The molecule has 0 spiro atoms. The third-order valence-corrected chi connectivity index (χ3v) is 5.54. The fourth-order valence-electron chi connectivity index (χ4n) is 2.21. The molecule has 112 valence electrons. The molecule has 0 aromatic heterocycles. The van der Waals surface area contributed by atoms with Crippen LogP contribution in [-0.2, 0) is 10.0 Å². The summed E-state index contributed by atoms with van der Waals surface area (Å²) in [4.78, 5) is 0.330. The molecule has 20 heavy (non-hydrogen) atoms. The van der Waals surface area contributed by atoms with Gasteiger partial charge in [-0.3, -0.25) is 0 Å². The van der Waals surface area contributed by atoms with Gasteiger partial charge in [0.15, 0.2) is 0 Å². The summed E-state index contributed by atoms with van der Waals surface area (Å²) < 4.78 is 31.9. The summed E-state index contributed by atoms with van der Waals surface area (Å²) in [6.07, 6.45) is 1.70. The standard InChI is InChI=1S/C14H20ClNO3S/c1-12-7-9-16(11-12)20(17,18)14-5-3-13(4-6-14)19-10-2-8-15/h3-6,12H,2,7-11H2,1H3. The summed E-state index contributed by atoms with van der Waals surface area (Å²) in [5, 5.41) is 0. The first-order valence-electron chi connectivity index (χ1n) is 6.83. The minimum Gasteiger partial charge on any atom is -0.494 e. The van der Waals surface area contributed by atoms with Crippen molar-refractivity contribution in [3.63, 3.8) is 0 Å². The molecule has 0 aliphatic carbocycles. The van der Waals surface area contributed by atoms with Crippen molar-refractivity contribution in [3.8, 4) is 5.75 Å². The summed E-state index contributed by atoms with van der Waals surface area (Å²) in [6.45, 7) is 3.83. The molecule has 1 aromatic carbocycles. The lowest BCUT2D eigenvalue weighted by Crippen LogP contribution is -2.28. The van der Waals surface area contributed by atoms with Crippen molar-refractivity contribution < 1.29 is 13.2 Å². The van der Waals surface area contributed by atoms with Crippen molar-refractivity contribution in [1.82, 2.24) is 4.31 Å². The molecule has 1 heterocycles. The van der Waals surface area contributed by atoms with Gasteiger partial charge >= 0.3 is 0 Å². The largest absolute Gasteiger partial charge is 0.494 e. The zero-order valence-corrected chi connectivity index (χ0v) is 13.2. The van der Waals surface area contributed by atoms with Crippen LogP contribution in [0.4, 0.5) is 0 Å². The lowest BCUT2D eigenvalue weighted by Gasteiger charge is -2.16. The van der Waals surface area contributed by atoms with E-state index in [1.54, 1.807) is 28.6 Å². The van der Waals surface area contributed by atoms with Gasteiger partial charge in [0.25, 0.3) is 0 Å². The van der Waals surface area contributed by atoms with Gasteiger partial charge in [-0.25, -0.2) is 8.42 Å². The maximum absolute atomic E-state index is 12.4. The van der Waals surface area contributed by atoms with Crippen molar-refractivity contribution in [2.75, 3.05) is 25.6 Å². The Hall–Kier alpha value is -0.780. The molecule has 0 saturated carbocycles. The van der Waals surface area contributed by atoms with Gasteiger partial charge < -0.3 is 4.74 Å². The molecule has 2 rings (SSSR count). The molecule has 1 aliphatic heterocycles. The van der Waals surface area contributed by atoms with E-state index in [-0.39, 0.29) is 0 Å². The Labute approximate surface area is 125 Å². The third kappa shape index (κ3) is 3.65. The molecule has 1 fully saturated rings. The van der Waals surface area contributed by atoms with E-state index in [1.807, 2.05) is 0 Å². The zero-order valence-electron chi connectivity index (χ0n) is 11.6. The number of alkyl halides is 1. The van der Waals surface area contributed by atoms with Crippen LogP contribution in [0.3, 0.4) is 0 Å². The summed E-state index contributed by atoms with van der Waals surface area (Å²) in [7, 11) is -3.36. The van der Waals surface area contributed by atoms with Crippen LogP contribution in [0.2, 0.25) is 0 Å². The lowest BCUT2D eigenvalue weighted by atomic mass is 10.2. The van der Waals surface area contributed by atoms with Gasteiger partial charge in [-0.15, -0.1) is 11.6 Å². The summed E-state index contributed by atoms with van der Waals surface area (Å²) in [5.74, 6) is 1.66. The van der Waals surface area contributed by atoms with Crippen LogP contribution in [0.15, 0.2) is 29.2 Å². The van der Waals surface area contributed by atoms with E-state index in [0.29, 0.717) is 42.1 Å². The fraction of sp³-hybridized carbons (Fsp3) is 0.571. The quantitative estimate of drug-likeness (QED) is 0.598. The van der Waals surface area contributed by atoms with Crippen molar-refractivity contribution in [2.45, 2.75) is 24.7 Å². The highest BCUT2D eigenvalue weighted by atomic mass is 35.5. The van der Waals surface area contributed by atoms with Crippen LogP contribution >= 0.6 is 11.6 Å². The first kappa shape index (κ1) is 15.6. The first-order valence-corrected chi connectivity index (χ1v) is 8.80. The number of rotatable bonds is 6. The Morgan fingerprint density at radius 3 is 2.60 bits per heavy atom. The number of halogens is 1. The molecular weight excluding hydrogens is 298 g/mol. The molecule has 0 N–H and O–H groups in total. The second kappa shape index (κ2) is 6.78. The number of benzene rings is 1. The van der Waals surface area contributed by atoms with E-state index < -0.39 is 10.0 Å². The van der Waals surface area contributed by atoms with Crippen LogP contribution < -0.4 is 4.74 Å². The van der Waals surface area contributed by atoms with Gasteiger partial charge in [0.1, 0.15) is 5.75 Å². The normalized spacial score (nSPS) is 20.2. The molecule has 1 atom stereocenters. The molecule has 0 amide bonds. The summed E-state index contributed by atoms with van der Waals surface area (Å²) in [6, 6.07) is 6.60. The number of ether oxygens (including phenoxy) is 1. The van der Waals surface area contributed by atoms with Crippen LogP contribution in [0.5, 0.6) is 5.75 Å². The molecule has 1 saturated heterocycles. The van der Waals surface area contributed by atoms with E-state index in [1.165, 1.54) is 0 Å². The van der Waals surface area contributed by atoms with Crippen LogP contribution in [0.1, 0.15) is 19.8 Å². The van der Waals surface area contributed by atoms with Gasteiger partial charge in [-0.1, -0.05) is 6.92 Å². The van der Waals surface area contributed by atoms with Crippen molar-refractivity contribution >= 4 is 21.6 Å². The number of hydrogen-bond acceptors (Lipinski definition) is 3. The predicted octanol–water partition coefficient (Wildman–Crippen LogP) is 2.72. The molecule has 1 aliphatic rings. The smallest absolute Gasteiger partial charge is 0.243 e. The van der Waals surface area contributed by atoms with Crippen LogP contribution in [0, 0.1) is 5.92 Å². The molecule has 1 aromatic rings. The van der Waals surface area contributed by atoms with Crippen LogP contribution in [0.25, 0.3) is 0 Å². The Kier molecular flexibility index (Phi) is 5.29. The third-order valence-electron chi connectivity index (χ3n) is 3.39. The highest BCUT2D eigenvalue weighted by molar-refractivity contribution is 7.89. The second-order valence-corrected chi connectivity index (χ2v) is 7.44. The molecule has 1 unspecified atom stereocenters. The number of sulfonamides is 1. The van der Waals surface area contributed by atoms with Crippen molar-refractivity contribution in [3.05, 3.63) is 24.3 Å². The van der Waals surface area contributed by atoms with E-state index in [2.05, 4.69) is 6.92 Å². The topological polar surface area (TPSA) is 46.6 Å². The van der Waals surface area contributed by atoms with Gasteiger partial charge in [0.2, 0.25) is 10.0 Å². The van der Waals surface area contributed by atoms with Gasteiger partial charge in [0, 0.05) is 19.0 Å². The average molecular weight is 318 g/mol. The Morgan fingerprint density at radius 1 is 1.35 bits per heavy atom. The monoisotopic (exact) mass is 317 g/mol. The number of hydrogen-bond donors (Lipinski definition) is 0. The highest BCUT2D eigenvalue weighted by Gasteiger charge is 2.30. The zero-order chi connectivity index (χ0) is 14.6.